The van der Waals surface area contributed by atoms with Crippen LogP contribution in [0, 0.1) is 17.0 Å². The first kappa shape index (κ1) is 14.9. The highest BCUT2D eigenvalue weighted by atomic mass is 35.5. The van der Waals surface area contributed by atoms with Crippen LogP contribution in [0.5, 0.6) is 0 Å². The summed E-state index contributed by atoms with van der Waals surface area (Å²) in [5.41, 5.74) is 0.0285. The number of carbonyl (C=O) groups excluding carboxylic acids is 1. The first-order valence-corrected chi connectivity index (χ1v) is 6.33. The molecule has 1 aromatic carbocycles. The van der Waals surface area contributed by atoms with Gasteiger partial charge < -0.3 is 4.90 Å². The smallest absolute Gasteiger partial charge is 0.287 e. The van der Waals surface area contributed by atoms with Crippen LogP contribution in [0.1, 0.15) is 22.0 Å². The molecule has 21 heavy (non-hydrogen) atoms. The van der Waals surface area contributed by atoms with Gasteiger partial charge in [-0.25, -0.2) is 4.98 Å². The molecule has 0 aliphatic heterocycles. The minimum absolute atomic E-state index is 0.0759. The van der Waals surface area contributed by atoms with Crippen molar-refractivity contribution in [2.24, 2.45) is 0 Å². The average molecular weight is 310 g/mol. The lowest BCUT2D eigenvalue weighted by atomic mass is 10.2. The Labute approximate surface area is 124 Å². The number of nitrogens with one attached hydrogen (secondary N) is 1. The molecular formula is C12H12ClN5O3. The van der Waals surface area contributed by atoms with E-state index in [-0.39, 0.29) is 28.7 Å². The Balaban J connectivity index is 2.15. The molecule has 0 unspecified atom stereocenters. The first-order chi connectivity index (χ1) is 9.88. The summed E-state index contributed by atoms with van der Waals surface area (Å²) in [7, 11) is 1.59. The number of rotatable bonds is 4. The minimum Gasteiger partial charge on any atom is -0.334 e. The van der Waals surface area contributed by atoms with E-state index in [0.29, 0.717) is 11.6 Å². The summed E-state index contributed by atoms with van der Waals surface area (Å²) in [5, 5.41) is 17.2. The summed E-state index contributed by atoms with van der Waals surface area (Å²) in [6.07, 6.45) is 0. The van der Waals surface area contributed by atoms with Crippen LogP contribution in [-0.4, -0.2) is 38.0 Å². The number of nitro groups is 1. The number of benzene rings is 1. The second-order valence-electron chi connectivity index (χ2n) is 4.42. The molecule has 0 atom stereocenters. The zero-order chi connectivity index (χ0) is 15.6. The average Bonchev–Trinajstić information content (AvgIpc) is 2.82. The number of aryl methyl sites for hydroxylation is 1. The zero-order valence-corrected chi connectivity index (χ0v) is 12.1. The number of halogens is 1. The zero-order valence-electron chi connectivity index (χ0n) is 11.3. The van der Waals surface area contributed by atoms with E-state index < -0.39 is 4.92 Å². The Hall–Kier alpha value is -2.48. The minimum atomic E-state index is -0.600. The number of aromatic nitrogens is 3. The number of nitrogens with zero attached hydrogens (tertiary/aromatic N) is 4. The van der Waals surface area contributed by atoms with Gasteiger partial charge in [0.05, 0.1) is 11.5 Å². The van der Waals surface area contributed by atoms with Crippen molar-refractivity contribution in [3.63, 3.8) is 0 Å². The number of amides is 1. The van der Waals surface area contributed by atoms with E-state index in [0.717, 1.165) is 0 Å². The number of hydrogen-bond donors (Lipinski definition) is 1. The predicted molar refractivity (Wildman–Crippen MR) is 75.0 cm³/mol. The Morgan fingerprint density at radius 3 is 2.76 bits per heavy atom. The molecule has 8 nitrogen and oxygen atoms in total. The molecule has 1 heterocycles. The second-order valence-corrected chi connectivity index (χ2v) is 4.83. The summed E-state index contributed by atoms with van der Waals surface area (Å²) >= 11 is 5.79. The Morgan fingerprint density at radius 2 is 2.24 bits per heavy atom. The summed E-state index contributed by atoms with van der Waals surface area (Å²) in [4.78, 5) is 27.8. The van der Waals surface area contributed by atoms with Gasteiger partial charge in [0, 0.05) is 18.7 Å². The van der Waals surface area contributed by atoms with E-state index in [2.05, 4.69) is 15.2 Å². The lowest BCUT2D eigenvalue weighted by molar-refractivity contribution is -0.384. The number of H-pyrrole nitrogens is 1. The largest absolute Gasteiger partial charge is 0.334 e. The number of hydrogen-bond acceptors (Lipinski definition) is 5. The summed E-state index contributed by atoms with van der Waals surface area (Å²) in [6, 6.07) is 3.86. The van der Waals surface area contributed by atoms with Crippen molar-refractivity contribution in [1.29, 1.82) is 0 Å². The van der Waals surface area contributed by atoms with Crippen LogP contribution in [0.15, 0.2) is 18.2 Å². The van der Waals surface area contributed by atoms with Gasteiger partial charge in [-0.2, -0.15) is 5.10 Å². The van der Waals surface area contributed by atoms with Gasteiger partial charge in [0.1, 0.15) is 10.8 Å². The van der Waals surface area contributed by atoms with Crippen LogP contribution in [0.4, 0.5) is 5.69 Å². The van der Waals surface area contributed by atoms with E-state index in [1.54, 1.807) is 14.0 Å². The van der Waals surface area contributed by atoms with Gasteiger partial charge in [-0.05, 0) is 19.1 Å². The monoisotopic (exact) mass is 309 g/mol. The normalized spacial score (nSPS) is 10.4. The number of aromatic amines is 1. The van der Waals surface area contributed by atoms with Gasteiger partial charge in [0.25, 0.3) is 11.6 Å². The molecule has 0 saturated carbocycles. The van der Waals surface area contributed by atoms with E-state index in [4.69, 9.17) is 11.6 Å². The molecule has 110 valence electrons. The van der Waals surface area contributed by atoms with Crippen molar-refractivity contribution in [1.82, 2.24) is 20.1 Å². The van der Waals surface area contributed by atoms with Gasteiger partial charge in [-0.15, -0.1) is 0 Å². The highest BCUT2D eigenvalue weighted by Gasteiger charge is 2.18. The fraction of sp³-hybridized carbons (Fsp3) is 0.250. The molecule has 0 aliphatic rings. The summed E-state index contributed by atoms with van der Waals surface area (Å²) < 4.78 is 0. The third-order valence-electron chi connectivity index (χ3n) is 2.76. The van der Waals surface area contributed by atoms with Crippen molar-refractivity contribution in [2.45, 2.75) is 13.5 Å². The Bertz CT molecular complexity index is 700. The first-order valence-electron chi connectivity index (χ1n) is 5.95. The number of carbonyl (C=O) groups is 1. The molecule has 0 fully saturated rings. The molecule has 2 rings (SSSR count). The highest BCUT2D eigenvalue weighted by molar-refractivity contribution is 6.33. The van der Waals surface area contributed by atoms with Gasteiger partial charge in [0.2, 0.25) is 0 Å². The Kier molecular flexibility index (Phi) is 4.18. The van der Waals surface area contributed by atoms with Crippen LogP contribution in [0.3, 0.4) is 0 Å². The lowest BCUT2D eigenvalue weighted by Gasteiger charge is -2.15. The van der Waals surface area contributed by atoms with Crippen molar-refractivity contribution in [2.75, 3.05) is 7.05 Å². The number of nitro benzene ring substituents is 1. The highest BCUT2D eigenvalue weighted by Crippen LogP contribution is 2.25. The van der Waals surface area contributed by atoms with Crippen molar-refractivity contribution < 1.29 is 9.72 Å². The maximum absolute atomic E-state index is 12.2. The molecular weight excluding hydrogens is 298 g/mol. The van der Waals surface area contributed by atoms with Crippen LogP contribution < -0.4 is 0 Å². The summed E-state index contributed by atoms with van der Waals surface area (Å²) in [6.45, 7) is 1.98. The molecule has 0 bridgehead atoms. The SMILES string of the molecule is Cc1nc(CN(C)C(=O)c2ccc([N+](=O)[O-])c(Cl)c2)n[nH]1. The molecule has 0 spiro atoms. The molecule has 1 aromatic heterocycles. The molecule has 1 N–H and O–H groups in total. The third-order valence-corrected chi connectivity index (χ3v) is 3.06. The fourth-order valence-corrected chi connectivity index (χ4v) is 2.00. The fourth-order valence-electron chi connectivity index (χ4n) is 1.75. The van der Waals surface area contributed by atoms with Crippen molar-refractivity contribution in [3.05, 3.63) is 50.5 Å². The van der Waals surface area contributed by atoms with Gasteiger partial charge in [-0.3, -0.25) is 20.0 Å². The van der Waals surface area contributed by atoms with Crippen molar-refractivity contribution >= 4 is 23.2 Å². The third kappa shape index (κ3) is 3.34. The standard InChI is InChI=1S/C12H12ClN5O3/c1-7-14-11(16-15-7)6-17(2)12(19)8-3-4-10(18(20)21)9(13)5-8/h3-5H,6H2,1-2H3,(H,14,15,16). The van der Waals surface area contributed by atoms with Gasteiger partial charge in [0.15, 0.2) is 5.82 Å². The van der Waals surface area contributed by atoms with Crippen LogP contribution in [-0.2, 0) is 6.54 Å². The maximum atomic E-state index is 12.2. The van der Waals surface area contributed by atoms with Crippen LogP contribution in [0.2, 0.25) is 5.02 Å². The topological polar surface area (TPSA) is 105 Å². The molecule has 0 aliphatic carbocycles. The molecule has 9 heteroatoms. The quantitative estimate of drug-likeness (QED) is 0.686. The predicted octanol–water partition coefficient (Wildman–Crippen LogP) is 1.95. The maximum Gasteiger partial charge on any atom is 0.287 e. The van der Waals surface area contributed by atoms with Crippen molar-refractivity contribution in [3.8, 4) is 0 Å². The summed E-state index contributed by atoms with van der Waals surface area (Å²) in [5.74, 6) is 0.815. The molecule has 0 radical (unpaired) electrons. The molecule has 2 aromatic rings. The van der Waals surface area contributed by atoms with E-state index in [1.165, 1.54) is 23.1 Å². The molecule has 0 saturated heterocycles. The van der Waals surface area contributed by atoms with Crippen LogP contribution >= 0.6 is 11.6 Å². The van der Waals surface area contributed by atoms with Gasteiger partial charge in [-0.1, -0.05) is 11.6 Å². The lowest BCUT2D eigenvalue weighted by Crippen LogP contribution is -2.26. The van der Waals surface area contributed by atoms with E-state index in [9.17, 15) is 14.9 Å². The second kappa shape index (κ2) is 5.88. The Morgan fingerprint density at radius 1 is 1.52 bits per heavy atom. The van der Waals surface area contributed by atoms with E-state index >= 15 is 0 Å². The van der Waals surface area contributed by atoms with E-state index in [1.807, 2.05) is 0 Å². The van der Waals surface area contributed by atoms with Gasteiger partial charge >= 0.3 is 0 Å². The molecule has 1 amide bonds. The van der Waals surface area contributed by atoms with Crippen LogP contribution in [0.25, 0.3) is 0 Å².